The van der Waals surface area contributed by atoms with Crippen molar-refractivity contribution >= 4 is 17.5 Å². The number of hydrogen-bond acceptors (Lipinski definition) is 4. The Morgan fingerprint density at radius 3 is 2.71 bits per heavy atom. The van der Waals surface area contributed by atoms with Gasteiger partial charge in [-0.05, 0) is 36.1 Å². The van der Waals surface area contributed by atoms with E-state index in [0.29, 0.717) is 0 Å². The molecule has 0 aliphatic carbocycles. The van der Waals surface area contributed by atoms with Gasteiger partial charge < -0.3 is 10.2 Å². The summed E-state index contributed by atoms with van der Waals surface area (Å²) in [4.78, 5) is 11.3. The van der Waals surface area contributed by atoms with Crippen LogP contribution in [0.5, 0.6) is 0 Å². The van der Waals surface area contributed by atoms with Gasteiger partial charge in [0.2, 0.25) is 5.95 Å². The average molecular weight is 316 g/mol. The van der Waals surface area contributed by atoms with Gasteiger partial charge in [-0.25, -0.2) is 4.98 Å². The molecule has 0 amide bonds. The molecular weight excluding hydrogens is 296 g/mol. The Bertz CT molecular complexity index is 817. The van der Waals surface area contributed by atoms with Crippen LogP contribution in [0.15, 0.2) is 66.9 Å². The van der Waals surface area contributed by atoms with Gasteiger partial charge in [0.1, 0.15) is 5.82 Å². The van der Waals surface area contributed by atoms with Crippen molar-refractivity contribution in [2.75, 3.05) is 23.3 Å². The second-order valence-electron chi connectivity index (χ2n) is 5.93. The van der Waals surface area contributed by atoms with Gasteiger partial charge >= 0.3 is 0 Å². The zero-order valence-corrected chi connectivity index (χ0v) is 13.5. The lowest BCUT2D eigenvalue weighted by Gasteiger charge is -2.17. The number of nitrogens with one attached hydrogen (secondary N) is 1. The van der Waals surface area contributed by atoms with Crippen LogP contribution in [0.25, 0.3) is 0 Å². The van der Waals surface area contributed by atoms with Gasteiger partial charge in [-0.2, -0.15) is 4.98 Å². The molecule has 1 aromatic heterocycles. The third-order valence-electron chi connectivity index (χ3n) is 4.33. The molecule has 0 unspecified atom stereocenters. The smallest absolute Gasteiger partial charge is 0.231 e. The normalized spacial score (nSPS) is 12.9. The van der Waals surface area contributed by atoms with Crippen LogP contribution in [0.1, 0.15) is 11.1 Å². The largest absolute Gasteiger partial charge is 0.370 e. The fourth-order valence-corrected chi connectivity index (χ4v) is 3.10. The fourth-order valence-electron chi connectivity index (χ4n) is 3.10. The van der Waals surface area contributed by atoms with Gasteiger partial charge in [0, 0.05) is 25.0 Å². The molecule has 2 heterocycles. The van der Waals surface area contributed by atoms with E-state index in [4.69, 9.17) is 0 Å². The molecule has 0 fully saturated rings. The molecule has 2 aromatic carbocycles. The third kappa shape index (κ3) is 3.08. The van der Waals surface area contributed by atoms with Crippen molar-refractivity contribution in [3.05, 3.63) is 78.0 Å². The third-order valence-corrected chi connectivity index (χ3v) is 4.33. The molecular formula is C20H20N4. The van der Waals surface area contributed by atoms with Crippen LogP contribution in [0.4, 0.5) is 17.5 Å². The number of anilines is 3. The zero-order chi connectivity index (χ0) is 16.2. The number of hydrogen-bond donors (Lipinski definition) is 1. The monoisotopic (exact) mass is 316 g/mol. The molecule has 24 heavy (non-hydrogen) atoms. The summed E-state index contributed by atoms with van der Waals surface area (Å²) in [6.45, 7) is 1.80. The predicted octanol–water partition coefficient (Wildman–Crippen LogP) is 3.83. The van der Waals surface area contributed by atoms with Crippen molar-refractivity contribution in [3.8, 4) is 0 Å². The van der Waals surface area contributed by atoms with Crippen molar-refractivity contribution in [1.82, 2.24) is 9.97 Å². The Kier molecular flexibility index (Phi) is 4.11. The Morgan fingerprint density at radius 2 is 1.79 bits per heavy atom. The number of rotatable bonds is 5. The molecule has 4 rings (SSSR count). The van der Waals surface area contributed by atoms with E-state index in [1.807, 2.05) is 18.3 Å². The second kappa shape index (κ2) is 6.71. The molecule has 3 aromatic rings. The van der Waals surface area contributed by atoms with Gasteiger partial charge in [0.15, 0.2) is 0 Å². The summed E-state index contributed by atoms with van der Waals surface area (Å²) in [5, 5.41) is 3.40. The van der Waals surface area contributed by atoms with E-state index < -0.39 is 0 Å². The van der Waals surface area contributed by atoms with E-state index in [-0.39, 0.29) is 0 Å². The van der Waals surface area contributed by atoms with Gasteiger partial charge in [-0.1, -0.05) is 48.5 Å². The molecule has 0 atom stereocenters. The maximum Gasteiger partial charge on any atom is 0.231 e. The van der Waals surface area contributed by atoms with E-state index in [1.165, 1.54) is 16.8 Å². The molecule has 1 N–H and O–H groups in total. The van der Waals surface area contributed by atoms with Gasteiger partial charge in [0.25, 0.3) is 0 Å². The summed E-state index contributed by atoms with van der Waals surface area (Å²) in [5.74, 6) is 1.64. The first-order chi connectivity index (χ1) is 11.9. The highest BCUT2D eigenvalue weighted by molar-refractivity contribution is 5.66. The topological polar surface area (TPSA) is 41.1 Å². The predicted molar refractivity (Wildman–Crippen MR) is 97.8 cm³/mol. The minimum Gasteiger partial charge on any atom is -0.370 e. The molecule has 120 valence electrons. The first-order valence-corrected chi connectivity index (χ1v) is 8.36. The Labute approximate surface area is 142 Å². The van der Waals surface area contributed by atoms with Crippen molar-refractivity contribution in [1.29, 1.82) is 0 Å². The molecule has 0 radical (unpaired) electrons. The van der Waals surface area contributed by atoms with E-state index in [1.54, 1.807) is 0 Å². The summed E-state index contributed by atoms with van der Waals surface area (Å²) in [7, 11) is 0. The Morgan fingerprint density at radius 1 is 0.958 bits per heavy atom. The van der Waals surface area contributed by atoms with Crippen LogP contribution in [0.2, 0.25) is 0 Å². The quantitative estimate of drug-likeness (QED) is 0.777. The Hall–Kier alpha value is -2.88. The molecule has 0 saturated carbocycles. The first-order valence-electron chi connectivity index (χ1n) is 8.36. The lowest BCUT2D eigenvalue weighted by Crippen LogP contribution is -2.17. The second-order valence-corrected chi connectivity index (χ2v) is 5.93. The molecule has 4 nitrogen and oxygen atoms in total. The van der Waals surface area contributed by atoms with Crippen LogP contribution in [0, 0.1) is 0 Å². The highest BCUT2D eigenvalue weighted by atomic mass is 15.3. The molecule has 1 aliphatic heterocycles. The molecule has 0 saturated heterocycles. The lowest BCUT2D eigenvalue weighted by molar-refractivity contribution is 0.932. The van der Waals surface area contributed by atoms with E-state index in [0.717, 1.165) is 37.7 Å². The maximum absolute atomic E-state index is 4.69. The summed E-state index contributed by atoms with van der Waals surface area (Å²) in [5.41, 5.74) is 3.91. The summed E-state index contributed by atoms with van der Waals surface area (Å²) in [6, 6.07) is 20.9. The number of para-hydroxylation sites is 1. The zero-order valence-electron chi connectivity index (χ0n) is 13.5. The van der Waals surface area contributed by atoms with E-state index in [9.17, 15) is 0 Å². The maximum atomic E-state index is 4.69. The molecule has 0 spiro atoms. The van der Waals surface area contributed by atoms with Crippen LogP contribution in [-0.4, -0.2) is 23.1 Å². The average Bonchev–Trinajstić information content (AvgIpc) is 3.07. The highest BCUT2D eigenvalue weighted by Gasteiger charge is 2.21. The summed E-state index contributed by atoms with van der Waals surface area (Å²) >= 11 is 0. The SMILES string of the molecule is c1ccc(CCNc2ccnc(N3CCc4ccccc43)n2)cc1. The fraction of sp³-hybridized carbons (Fsp3) is 0.200. The number of aromatic nitrogens is 2. The van der Waals surface area contributed by atoms with Crippen molar-refractivity contribution in [2.24, 2.45) is 0 Å². The lowest BCUT2D eigenvalue weighted by atomic mass is 10.1. The number of nitrogens with zero attached hydrogens (tertiary/aromatic N) is 3. The van der Waals surface area contributed by atoms with Crippen LogP contribution >= 0.6 is 0 Å². The van der Waals surface area contributed by atoms with Crippen molar-refractivity contribution in [2.45, 2.75) is 12.8 Å². The summed E-state index contributed by atoms with van der Waals surface area (Å²) in [6.07, 6.45) is 3.85. The van der Waals surface area contributed by atoms with Crippen molar-refractivity contribution in [3.63, 3.8) is 0 Å². The van der Waals surface area contributed by atoms with Gasteiger partial charge in [0.05, 0.1) is 0 Å². The Balaban J connectivity index is 1.45. The van der Waals surface area contributed by atoms with Crippen LogP contribution in [0.3, 0.4) is 0 Å². The summed E-state index contributed by atoms with van der Waals surface area (Å²) < 4.78 is 0. The van der Waals surface area contributed by atoms with E-state index >= 15 is 0 Å². The number of benzene rings is 2. The number of fused-ring (bicyclic) bond motifs is 1. The molecule has 1 aliphatic rings. The highest BCUT2D eigenvalue weighted by Crippen LogP contribution is 2.32. The molecule has 4 heteroatoms. The first kappa shape index (κ1) is 14.7. The van der Waals surface area contributed by atoms with Gasteiger partial charge in [-0.3, -0.25) is 0 Å². The van der Waals surface area contributed by atoms with Crippen LogP contribution < -0.4 is 10.2 Å². The minimum atomic E-state index is 0.768. The minimum absolute atomic E-state index is 0.768. The standard InChI is InChI=1S/C20H20N4/c1-2-6-16(7-3-1)10-13-21-19-11-14-22-20(23-19)24-15-12-17-8-4-5-9-18(17)24/h1-9,11,14H,10,12-13,15H2,(H,21,22,23). The van der Waals surface area contributed by atoms with Gasteiger partial charge in [-0.15, -0.1) is 0 Å². The van der Waals surface area contributed by atoms with E-state index in [2.05, 4.69) is 68.7 Å². The molecule has 0 bridgehead atoms. The van der Waals surface area contributed by atoms with Crippen LogP contribution in [-0.2, 0) is 12.8 Å². The van der Waals surface area contributed by atoms with Crippen molar-refractivity contribution < 1.29 is 0 Å².